The molecular weight excluding hydrogens is 200 g/mol. The summed E-state index contributed by atoms with van der Waals surface area (Å²) in [5.41, 5.74) is 1.33. The first-order valence-corrected chi connectivity index (χ1v) is 6.22. The monoisotopic (exact) mass is 222 g/mol. The highest BCUT2D eigenvalue weighted by molar-refractivity contribution is 4.98. The number of rotatable bonds is 4. The van der Waals surface area contributed by atoms with E-state index in [1.165, 1.54) is 25.1 Å². The molecular formula is C12H22N4. The van der Waals surface area contributed by atoms with Crippen molar-refractivity contribution in [2.75, 3.05) is 20.1 Å². The van der Waals surface area contributed by atoms with Crippen molar-refractivity contribution in [3.63, 3.8) is 0 Å². The zero-order valence-corrected chi connectivity index (χ0v) is 10.3. The molecule has 1 aliphatic rings. The fourth-order valence-corrected chi connectivity index (χ4v) is 2.43. The number of likely N-dealkylation sites (N-methyl/N-ethyl adjacent to an activating group) is 1. The van der Waals surface area contributed by atoms with Gasteiger partial charge < -0.3 is 9.88 Å². The van der Waals surface area contributed by atoms with Gasteiger partial charge in [-0.3, -0.25) is 4.90 Å². The molecule has 0 radical (unpaired) electrons. The quantitative estimate of drug-likeness (QED) is 0.828. The normalized spacial score (nSPS) is 22.5. The fourth-order valence-electron chi connectivity index (χ4n) is 2.43. The first-order valence-electron chi connectivity index (χ1n) is 6.22. The predicted octanol–water partition coefficient (Wildman–Crippen LogP) is 1.09. The summed E-state index contributed by atoms with van der Waals surface area (Å²) in [4.78, 5) is 6.74. The number of imidazole rings is 1. The van der Waals surface area contributed by atoms with Crippen LogP contribution in [0.3, 0.4) is 0 Å². The number of likely N-dealkylation sites (tertiary alicyclic amines) is 1. The molecule has 0 amide bonds. The van der Waals surface area contributed by atoms with E-state index in [0.29, 0.717) is 6.04 Å². The lowest BCUT2D eigenvalue weighted by Gasteiger charge is -2.32. The topological polar surface area (TPSA) is 33.1 Å². The molecule has 1 unspecified atom stereocenters. The summed E-state index contributed by atoms with van der Waals surface area (Å²) >= 11 is 0. The van der Waals surface area contributed by atoms with E-state index in [0.717, 1.165) is 19.6 Å². The maximum Gasteiger partial charge on any atom is 0.0948 e. The maximum atomic E-state index is 4.22. The van der Waals surface area contributed by atoms with Gasteiger partial charge in [0.25, 0.3) is 0 Å². The molecule has 0 saturated carbocycles. The van der Waals surface area contributed by atoms with Crippen LogP contribution in [-0.2, 0) is 13.1 Å². The van der Waals surface area contributed by atoms with E-state index in [9.17, 15) is 0 Å². The van der Waals surface area contributed by atoms with Gasteiger partial charge in [0.15, 0.2) is 0 Å². The zero-order valence-electron chi connectivity index (χ0n) is 10.3. The first-order chi connectivity index (χ1) is 7.83. The van der Waals surface area contributed by atoms with E-state index in [2.05, 4.69) is 33.7 Å². The Morgan fingerprint density at radius 3 is 3.19 bits per heavy atom. The molecule has 1 aromatic rings. The molecule has 2 heterocycles. The number of nitrogens with zero attached hydrogens (tertiary/aromatic N) is 3. The minimum atomic E-state index is 0.659. The van der Waals surface area contributed by atoms with Crippen molar-refractivity contribution >= 4 is 0 Å². The van der Waals surface area contributed by atoms with Crippen LogP contribution in [0.1, 0.15) is 25.5 Å². The summed E-state index contributed by atoms with van der Waals surface area (Å²) in [5, 5.41) is 3.38. The average molecular weight is 222 g/mol. The van der Waals surface area contributed by atoms with Crippen molar-refractivity contribution in [1.82, 2.24) is 19.8 Å². The lowest BCUT2D eigenvalue weighted by Crippen LogP contribution is -2.44. The van der Waals surface area contributed by atoms with Gasteiger partial charge in [-0.15, -0.1) is 0 Å². The van der Waals surface area contributed by atoms with Crippen molar-refractivity contribution in [2.45, 2.75) is 38.9 Å². The summed E-state index contributed by atoms with van der Waals surface area (Å²) < 4.78 is 2.23. The van der Waals surface area contributed by atoms with Gasteiger partial charge in [-0.2, -0.15) is 0 Å². The van der Waals surface area contributed by atoms with Crippen LogP contribution in [0.5, 0.6) is 0 Å². The Kier molecular flexibility index (Phi) is 3.96. The van der Waals surface area contributed by atoms with Crippen molar-refractivity contribution in [3.8, 4) is 0 Å². The summed E-state index contributed by atoms with van der Waals surface area (Å²) in [6.07, 6.45) is 6.52. The van der Waals surface area contributed by atoms with Gasteiger partial charge in [-0.25, -0.2) is 4.98 Å². The molecule has 1 N–H and O–H groups in total. The second-order valence-electron chi connectivity index (χ2n) is 4.53. The molecule has 90 valence electrons. The number of hydrogen-bond acceptors (Lipinski definition) is 3. The van der Waals surface area contributed by atoms with Gasteiger partial charge in [0.05, 0.1) is 12.0 Å². The molecule has 1 fully saturated rings. The number of nitrogens with one attached hydrogen (secondary N) is 1. The molecule has 2 rings (SSSR count). The van der Waals surface area contributed by atoms with Gasteiger partial charge in [0.2, 0.25) is 0 Å². The van der Waals surface area contributed by atoms with Gasteiger partial charge in [0, 0.05) is 31.9 Å². The standard InChI is InChI=1S/C12H22N4/c1-3-16-10-14-7-12(16)9-15-6-4-5-11(8-15)13-2/h7,10-11,13H,3-6,8-9H2,1-2H3. The van der Waals surface area contributed by atoms with Crippen molar-refractivity contribution in [3.05, 3.63) is 18.2 Å². The summed E-state index contributed by atoms with van der Waals surface area (Å²) in [6, 6.07) is 0.659. The SMILES string of the molecule is CCn1cncc1CN1CCCC(NC)C1. The van der Waals surface area contributed by atoms with Crippen LogP contribution in [0.15, 0.2) is 12.5 Å². The minimum absolute atomic E-state index is 0.659. The molecule has 0 spiro atoms. The zero-order chi connectivity index (χ0) is 11.4. The van der Waals surface area contributed by atoms with Gasteiger partial charge in [-0.1, -0.05) is 0 Å². The Labute approximate surface area is 97.7 Å². The van der Waals surface area contributed by atoms with E-state index in [-0.39, 0.29) is 0 Å². The molecule has 1 aromatic heterocycles. The largest absolute Gasteiger partial charge is 0.334 e. The molecule has 0 aromatic carbocycles. The first kappa shape index (κ1) is 11.6. The summed E-state index contributed by atoms with van der Waals surface area (Å²) in [5.74, 6) is 0. The van der Waals surface area contributed by atoms with Gasteiger partial charge >= 0.3 is 0 Å². The van der Waals surface area contributed by atoms with Gasteiger partial charge in [0.1, 0.15) is 0 Å². The highest BCUT2D eigenvalue weighted by atomic mass is 15.2. The average Bonchev–Trinajstić information content (AvgIpc) is 2.76. The maximum absolute atomic E-state index is 4.22. The van der Waals surface area contributed by atoms with Crippen LogP contribution in [0.25, 0.3) is 0 Å². The Hall–Kier alpha value is -0.870. The lowest BCUT2D eigenvalue weighted by atomic mass is 10.1. The van der Waals surface area contributed by atoms with E-state index in [1.54, 1.807) is 0 Å². The number of piperidine rings is 1. The lowest BCUT2D eigenvalue weighted by molar-refractivity contribution is 0.184. The second kappa shape index (κ2) is 5.46. The van der Waals surface area contributed by atoms with E-state index >= 15 is 0 Å². The van der Waals surface area contributed by atoms with E-state index in [1.807, 2.05) is 12.5 Å². The summed E-state index contributed by atoms with van der Waals surface area (Å²) in [6.45, 7) is 6.58. The number of aryl methyl sites for hydroxylation is 1. The van der Waals surface area contributed by atoms with Gasteiger partial charge in [-0.05, 0) is 33.4 Å². The summed E-state index contributed by atoms with van der Waals surface area (Å²) in [7, 11) is 2.06. The van der Waals surface area contributed by atoms with Crippen LogP contribution in [-0.4, -0.2) is 40.6 Å². The highest BCUT2D eigenvalue weighted by Gasteiger charge is 2.19. The van der Waals surface area contributed by atoms with Crippen LogP contribution >= 0.6 is 0 Å². The van der Waals surface area contributed by atoms with E-state index < -0.39 is 0 Å². The molecule has 0 aliphatic carbocycles. The van der Waals surface area contributed by atoms with Crippen molar-refractivity contribution < 1.29 is 0 Å². The van der Waals surface area contributed by atoms with Crippen molar-refractivity contribution in [1.29, 1.82) is 0 Å². The van der Waals surface area contributed by atoms with Crippen LogP contribution in [0, 0.1) is 0 Å². The minimum Gasteiger partial charge on any atom is -0.334 e. The number of hydrogen-bond donors (Lipinski definition) is 1. The second-order valence-corrected chi connectivity index (χ2v) is 4.53. The Morgan fingerprint density at radius 1 is 1.56 bits per heavy atom. The molecule has 4 heteroatoms. The molecule has 1 aliphatic heterocycles. The third-order valence-corrected chi connectivity index (χ3v) is 3.44. The van der Waals surface area contributed by atoms with Crippen molar-refractivity contribution in [2.24, 2.45) is 0 Å². The van der Waals surface area contributed by atoms with Crippen LogP contribution in [0.4, 0.5) is 0 Å². The Morgan fingerprint density at radius 2 is 2.44 bits per heavy atom. The fraction of sp³-hybridized carbons (Fsp3) is 0.750. The predicted molar refractivity (Wildman–Crippen MR) is 65.3 cm³/mol. The third kappa shape index (κ3) is 2.62. The molecule has 16 heavy (non-hydrogen) atoms. The Bertz CT molecular complexity index is 321. The Balaban J connectivity index is 1.93. The molecule has 0 bridgehead atoms. The highest BCUT2D eigenvalue weighted by Crippen LogP contribution is 2.13. The van der Waals surface area contributed by atoms with Crippen LogP contribution < -0.4 is 5.32 Å². The van der Waals surface area contributed by atoms with E-state index in [4.69, 9.17) is 0 Å². The molecule has 1 atom stereocenters. The molecule has 4 nitrogen and oxygen atoms in total. The number of aromatic nitrogens is 2. The smallest absolute Gasteiger partial charge is 0.0948 e. The van der Waals surface area contributed by atoms with Crippen LogP contribution in [0.2, 0.25) is 0 Å². The molecule has 1 saturated heterocycles. The third-order valence-electron chi connectivity index (χ3n) is 3.44.